The van der Waals surface area contributed by atoms with Gasteiger partial charge in [-0.3, -0.25) is 14.2 Å². The number of thiophene rings is 1. The highest BCUT2D eigenvalue weighted by atomic mass is 35.5. The van der Waals surface area contributed by atoms with E-state index in [1.807, 2.05) is 4.90 Å². The van der Waals surface area contributed by atoms with Crippen molar-refractivity contribution in [3.05, 3.63) is 61.6 Å². The number of amides is 1. The maximum Gasteiger partial charge on any atom is 0.336 e. The number of carbonyl (C=O) groups excluding carboxylic acids is 1. The molecule has 8 heteroatoms. The maximum absolute atomic E-state index is 13.3. The lowest BCUT2D eigenvalue weighted by Crippen LogP contribution is -2.47. The van der Waals surface area contributed by atoms with Crippen molar-refractivity contribution in [3.8, 4) is 5.69 Å². The first-order valence-electron chi connectivity index (χ1n) is 9.79. The van der Waals surface area contributed by atoms with Crippen LogP contribution in [0.2, 0.25) is 5.02 Å². The zero-order chi connectivity index (χ0) is 20.5. The Balaban J connectivity index is 1.82. The minimum atomic E-state index is -0.526. The van der Waals surface area contributed by atoms with Crippen LogP contribution in [0.5, 0.6) is 0 Å². The van der Waals surface area contributed by atoms with E-state index < -0.39 is 11.2 Å². The highest BCUT2D eigenvalue weighted by Crippen LogP contribution is 2.21. The Bertz CT molecular complexity index is 1180. The van der Waals surface area contributed by atoms with Gasteiger partial charge in [-0.1, -0.05) is 24.6 Å². The van der Waals surface area contributed by atoms with Gasteiger partial charge in [-0.05, 0) is 55.3 Å². The van der Waals surface area contributed by atoms with Crippen molar-refractivity contribution >= 4 is 39.1 Å². The van der Waals surface area contributed by atoms with E-state index in [2.05, 4.69) is 6.92 Å². The van der Waals surface area contributed by atoms with E-state index in [0.717, 1.165) is 30.3 Å². The minimum absolute atomic E-state index is 0.0799. The van der Waals surface area contributed by atoms with Crippen LogP contribution in [0.3, 0.4) is 0 Å². The van der Waals surface area contributed by atoms with E-state index in [4.69, 9.17) is 11.6 Å². The Morgan fingerprint density at radius 2 is 2.07 bits per heavy atom. The monoisotopic (exact) mass is 431 g/mol. The molecule has 0 saturated carbocycles. The van der Waals surface area contributed by atoms with Crippen LogP contribution in [-0.4, -0.2) is 32.5 Å². The van der Waals surface area contributed by atoms with E-state index in [1.165, 1.54) is 15.9 Å². The van der Waals surface area contributed by atoms with Gasteiger partial charge in [0.05, 0.1) is 11.2 Å². The van der Waals surface area contributed by atoms with E-state index in [1.54, 1.807) is 35.7 Å². The fraction of sp³-hybridized carbons (Fsp3) is 0.381. The predicted molar refractivity (Wildman–Crippen MR) is 116 cm³/mol. The first-order chi connectivity index (χ1) is 14.0. The van der Waals surface area contributed by atoms with Gasteiger partial charge < -0.3 is 4.90 Å². The van der Waals surface area contributed by atoms with Gasteiger partial charge in [0.15, 0.2) is 0 Å². The van der Waals surface area contributed by atoms with Crippen LogP contribution < -0.4 is 11.2 Å². The molecule has 1 saturated heterocycles. The summed E-state index contributed by atoms with van der Waals surface area (Å²) in [6.07, 6.45) is 3.99. The number of benzene rings is 1. The summed E-state index contributed by atoms with van der Waals surface area (Å²) in [6.45, 7) is 2.72. The van der Waals surface area contributed by atoms with Crippen molar-refractivity contribution in [1.82, 2.24) is 14.0 Å². The number of fused-ring (bicyclic) bond motifs is 1. The number of aromatic nitrogens is 2. The second-order valence-corrected chi connectivity index (χ2v) is 8.62. The average molecular weight is 432 g/mol. The molecule has 29 heavy (non-hydrogen) atoms. The second-order valence-electron chi connectivity index (χ2n) is 7.27. The number of halogens is 1. The fourth-order valence-corrected chi connectivity index (χ4v) is 5.07. The Morgan fingerprint density at radius 3 is 2.83 bits per heavy atom. The molecule has 152 valence electrons. The Kier molecular flexibility index (Phi) is 5.61. The molecule has 1 aliphatic heterocycles. The van der Waals surface area contributed by atoms with Crippen molar-refractivity contribution in [2.75, 3.05) is 6.54 Å². The van der Waals surface area contributed by atoms with Crippen molar-refractivity contribution in [2.24, 2.45) is 0 Å². The average Bonchev–Trinajstić information content (AvgIpc) is 3.21. The number of rotatable bonds is 4. The highest BCUT2D eigenvalue weighted by Gasteiger charge is 2.27. The lowest BCUT2D eigenvalue weighted by atomic mass is 10.00. The van der Waals surface area contributed by atoms with Gasteiger partial charge in [-0.15, -0.1) is 11.3 Å². The molecule has 1 aromatic carbocycles. The molecule has 0 unspecified atom stereocenters. The first kappa shape index (κ1) is 19.9. The number of likely N-dealkylation sites (tertiary alicyclic amines) is 1. The molecular formula is C21H22ClN3O3S. The molecule has 0 radical (unpaired) electrons. The van der Waals surface area contributed by atoms with E-state index >= 15 is 0 Å². The predicted octanol–water partition coefficient (Wildman–Crippen LogP) is 3.66. The zero-order valence-electron chi connectivity index (χ0n) is 16.1. The highest BCUT2D eigenvalue weighted by molar-refractivity contribution is 7.17. The summed E-state index contributed by atoms with van der Waals surface area (Å²) in [7, 11) is 0. The number of nitrogens with zero attached hydrogens (tertiary/aromatic N) is 3. The zero-order valence-corrected chi connectivity index (χ0v) is 17.7. The molecule has 1 amide bonds. The fourth-order valence-electron chi connectivity index (χ4n) is 4.06. The summed E-state index contributed by atoms with van der Waals surface area (Å²) in [4.78, 5) is 41.3. The molecule has 0 bridgehead atoms. The molecule has 0 N–H and O–H groups in total. The molecular weight excluding hydrogens is 410 g/mol. The molecule has 1 aliphatic rings. The lowest BCUT2D eigenvalue weighted by molar-refractivity contribution is -0.135. The minimum Gasteiger partial charge on any atom is -0.338 e. The van der Waals surface area contributed by atoms with Gasteiger partial charge in [-0.2, -0.15) is 0 Å². The quantitative estimate of drug-likeness (QED) is 0.633. The number of carbonyl (C=O) groups is 1. The van der Waals surface area contributed by atoms with Crippen LogP contribution in [-0.2, 0) is 11.3 Å². The smallest absolute Gasteiger partial charge is 0.336 e. The van der Waals surface area contributed by atoms with Gasteiger partial charge in [0, 0.05) is 17.6 Å². The first-order valence-corrected chi connectivity index (χ1v) is 11.1. The molecule has 3 heterocycles. The van der Waals surface area contributed by atoms with Crippen LogP contribution in [0.4, 0.5) is 0 Å². The van der Waals surface area contributed by atoms with Gasteiger partial charge >= 0.3 is 5.69 Å². The standard InChI is InChI=1S/C21H22ClN3O3S/c1-2-15-7-3-4-10-23(15)18(26)13-24-17-9-11-29-19(17)20(27)25(21(24)28)16-8-5-6-14(22)12-16/h5-6,8-9,11-12,15H,2-4,7,10,13H2,1H3/t15-/m1/s1. The largest absolute Gasteiger partial charge is 0.338 e. The third kappa shape index (κ3) is 3.65. The number of hydrogen-bond acceptors (Lipinski definition) is 4. The van der Waals surface area contributed by atoms with Crippen molar-refractivity contribution < 1.29 is 4.79 Å². The van der Waals surface area contributed by atoms with Crippen LogP contribution >= 0.6 is 22.9 Å². The Hall–Kier alpha value is -2.38. The summed E-state index contributed by atoms with van der Waals surface area (Å²) in [6, 6.07) is 8.56. The maximum atomic E-state index is 13.3. The topological polar surface area (TPSA) is 64.3 Å². The second kappa shape index (κ2) is 8.16. The lowest BCUT2D eigenvalue weighted by Gasteiger charge is -2.35. The summed E-state index contributed by atoms with van der Waals surface area (Å²) in [5.41, 5.74) is -0.0213. The van der Waals surface area contributed by atoms with Crippen molar-refractivity contribution in [2.45, 2.75) is 45.2 Å². The normalized spacial score (nSPS) is 17.0. The van der Waals surface area contributed by atoms with Gasteiger partial charge in [-0.25, -0.2) is 9.36 Å². The third-order valence-electron chi connectivity index (χ3n) is 5.53. The molecule has 0 spiro atoms. The van der Waals surface area contributed by atoms with Gasteiger partial charge in [0.2, 0.25) is 5.91 Å². The Morgan fingerprint density at radius 1 is 1.24 bits per heavy atom. The van der Waals surface area contributed by atoms with E-state index in [-0.39, 0.29) is 18.5 Å². The molecule has 1 atom stereocenters. The number of hydrogen-bond donors (Lipinski definition) is 0. The molecule has 1 fully saturated rings. The van der Waals surface area contributed by atoms with Crippen molar-refractivity contribution in [1.29, 1.82) is 0 Å². The van der Waals surface area contributed by atoms with E-state index in [0.29, 0.717) is 27.5 Å². The van der Waals surface area contributed by atoms with Crippen LogP contribution in [0.1, 0.15) is 32.6 Å². The molecule has 6 nitrogen and oxygen atoms in total. The summed E-state index contributed by atoms with van der Waals surface area (Å²) in [5, 5.41) is 2.20. The van der Waals surface area contributed by atoms with Gasteiger partial charge in [0.25, 0.3) is 5.56 Å². The SMILES string of the molecule is CC[C@@H]1CCCCN1C(=O)Cn1c(=O)n(-c2cccc(Cl)c2)c(=O)c2sccc21. The van der Waals surface area contributed by atoms with Gasteiger partial charge in [0.1, 0.15) is 11.2 Å². The van der Waals surface area contributed by atoms with E-state index in [9.17, 15) is 14.4 Å². The van der Waals surface area contributed by atoms with Crippen LogP contribution in [0.25, 0.3) is 15.9 Å². The van der Waals surface area contributed by atoms with Crippen LogP contribution in [0.15, 0.2) is 45.3 Å². The summed E-state index contributed by atoms with van der Waals surface area (Å²) >= 11 is 7.34. The van der Waals surface area contributed by atoms with Crippen LogP contribution in [0, 0.1) is 0 Å². The number of piperidine rings is 1. The molecule has 3 aromatic rings. The Labute approximate surface area is 176 Å². The van der Waals surface area contributed by atoms with Crippen molar-refractivity contribution in [3.63, 3.8) is 0 Å². The molecule has 0 aliphatic carbocycles. The summed E-state index contributed by atoms with van der Waals surface area (Å²) < 4.78 is 2.96. The molecule has 4 rings (SSSR count). The molecule has 2 aromatic heterocycles. The summed E-state index contributed by atoms with van der Waals surface area (Å²) in [5.74, 6) is -0.0811. The third-order valence-corrected chi connectivity index (χ3v) is 6.66.